The lowest BCUT2D eigenvalue weighted by molar-refractivity contribution is 0.477. The molecule has 0 saturated heterocycles. The van der Waals surface area contributed by atoms with E-state index in [1.807, 2.05) is 12.4 Å². The van der Waals surface area contributed by atoms with Crippen molar-refractivity contribution in [1.82, 2.24) is 10.3 Å². The molecule has 0 spiro atoms. The van der Waals surface area contributed by atoms with Crippen LogP contribution in [0.2, 0.25) is 0 Å². The number of nitrogens with one attached hydrogen (secondary N) is 1. The fourth-order valence-electron chi connectivity index (χ4n) is 2.62. The van der Waals surface area contributed by atoms with Crippen LogP contribution in [0.15, 0.2) is 48.8 Å². The molecule has 2 nitrogen and oxygen atoms in total. The van der Waals surface area contributed by atoms with Gasteiger partial charge in [-0.2, -0.15) is 0 Å². The first-order chi connectivity index (χ1) is 10.3. The van der Waals surface area contributed by atoms with E-state index in [4.69, 9.17) is 0 Å². The Bertz CT molecular complexity index is 522. The second kappa shape index (κ2) is 8.58. The van der Waals surface area contributed by atoms with Gasteiger partial charge in [0, 0.05) is 18.4 Å². The van der Waals surface area contributed by atoms with E-state index in [2.05, 4.69) is 60.5 Å². The van der Waals surface area contributed by atoms with Crippen molar-refractivity contribution < 1.29 is 0 Å². The molecule has 1 unspecified atom stereocenters. The maximum Gasteiger partial charge on any atom is 0.0270 e. The zero-order chi connectivity index (χ0) is 14.9. The number of nitrogens with zero attached hydrogens (tertiary/aromatic N) is 1. The van der Waals surface area contributed by atoms with Gasteiger partial charge in [-0.25, -0.2) is 0 Å². The molecular weight excluding hydrogens is 256 g/mol. The Morgan fingerprint density at radius 2 is 1.86 bits per heavy atom. The molecule has 2 aromatic rings. The Kier molecular flexibility index (Phi) is 6.42. The first kappa shape index (κ1) is 15.7. The molecule has 1 aromatic heterocycles. The molecule has 0 saturated carbocycles. The monoisotopic (exact) mass is 282 g/mol. The minimum atomic E-state index is 0.541. The van der Waals surface area contributed by atoms with E-state index in [-0.39, 0.29) is 0 Å². The summed E-state index contributed by atoms with van der Waals surface area (Å²) in [5.74, 6) is 0. The van der Waals surface area contributed by atoms with Crippen LogP contribution in [0.25, 0.3) is 0 Å². The first-order valence-corrected chi connectivity index (χ1v) is 7.96. The standard InChI is InChI=1S/C19H26N2/c1-3-12-21-19(9-8-17-10-13-20-14-11-17)15-18-7-5-4-6-16(18)2/h4-7,10-11,13-14,19,21H,3,8-9,12,15H2,1-2H3. The Hall–Kier alpha value is -1.67. The van der Waals surface area contributed by atoms with E-state index in [1.165, 1.54) is 29.5 Å². The van der Waals surface area contributed by atoms with Crippen molar-refractivity contribution in [1.29, 1.82) is 0 Å². The lowest BCUT2D eigenvalue weighted by Gasteiger charge is -2.19. The van der Waals surface area contributed by atoms with Crippen LogP contribution in [-0.2, 0) is 12.8 Å². The van der Waals surface area contributed by atoms with E-state index >= 15 is 0 Å². The molecule has 112 valence electrons. The minimum Gasteiger partial charge on any atom is -0.314 e. The Balaban J connectivity index is 1.96. The van der Waals surface area contributed by atoms with Crippen LogP contribution in [0.4, 0.5) is 0 Å². The molecule has 2 rings (SSSR count). The third kappa shape index (κ3) is 5.31. The van der Waals surface area contributed by atoms with Crippen LogP contribution in [0.3, 0.4) is 0 Å². The first-order valence-electron chi connectivity index (χ1n) is 7.96. The zero-order valence-electron chi connectivity index (χ0n) is 13.2. The molecule has 1 N–H and O–H groups in total. The van der Waals surface area contributed by atoms with Gasteiger partial charge in [-0.3, -0.25) is 4.98 Å². The number of aryl methyl sites for hydroxylation is 2. The molecular formula is C19H26N2. The maximum absolute atomic E-state index is 4.09. The quantitative estimate of drug-likeness (QED) is 0.793. The van der Waals surface area contributed by atoms with Gasteiger partial charge in [-0.05, 0) is 68.0 Å². The van der Waals surface area contributed by atoms with Crippen LogP contribution in [0, 0.1) is 6.92 Å². The number of aromatic nitrogens is 1. The summed E-state index contributed by atoms with van der Waals surface area (Å²) in [7, 11) is 0. The van der Waals surface area contributed by atoms with Gasteiger partial charge in [-0.1, -0.05) is 31.2 Å². The normalized spacial score (nSPS) is 12.3. The summed E-state index contributed by atoms with van der Waals surface area (Å²) in [5.41, 5.74) is 4.23. The summed E-state index contributed by atoms with van der Waals surface area (Å²) < 4.78 is 0. The van der Waals surface area contributed by atoms with Gasteiger partial charge in [0.25, 0.3) is 0 Å². The molecule has 0 radical (unpaired) electrons. The molecule has 21 heavy (non-hydrogen) atoms. The zero-order valence-corrected chi connectivity index (χ0v) is 13.2. The lowest BCUT2D eigenvalue weighted by Crippen LogP contribution is -2.32. The molecule has 1 aromatic carbocycles. The van der Waals surface area contributed by atoms with Gasteiger partial charge in [0.15, 0.2) is 0 Å². The third-order valence-corrected chi connectivity index (χ3v) is 3.94. The van der Waals surface area contributed by atoms with Crippen molar-refractivity contribution in [2.45, 2.75) is 45.6 Å². The summed E-state index contributed by atoms with van der Waals surface area (Å²) in [5, 5.41) is 3.70. The number of rotatable bonds is 8. The molecule has 0 aliphatic rings. The highest BCUT2D eigenvalue weighted by Crippen LogP contribution is 2.13. The minimum absolute atomic E-state index is 0.541. The van der Waals surface area contributed by atoms with E-state index in [0.29, 0.717) is 6.04 Å². The average Bonchev–Trinajstić information content (AvgIpc) is 2.53. The highest BCUT2D eigenvalue weighted by molar-refractivity contribution is 5.26. The molecule has 0 aliphatic heterocycles. The van der Waals surface area contributed by atoms with E-state index in [0.717, 1.165) is 19.4 Å². The van der Waals surface area contributed by atoms with Gasteiger partial charge < -0.3 is 5.32 Å². The fourth-order valence-corrected chi connectivity index (χ4v) is 2.62. The Morgan fingerprint density at radius 1 is 1.10 bits per heavy atom. The van der Waals surface area contributed by atoms with Crippen molar-refractivity contribution in [2.24, 2.45) is 0 Å². The van der Waals surface area contributed by atoms with Gasteiger partial charge in [0.05, 0.1) is 0 Å². The topological polar surface area (TPSA) is 24.9 Å². The smallest absolute Gasteiger partial charge is 0.0270 e. The van der Waals surface area contributed by atoms with Crippen LogP contribution in [0.1, 0.15) is 36.5 Å². The summed E-state index contributed by atoms with van der Waals surface area (Å²) in [6.45, 7) is 5.52. The van der Waals surface area contributed by atoms with E-state index < -0.39 is 0 Å². The fraction of sp³-hybridized carbons (Fsp3) is 0.421. The van der Waals surface area contributed by atoms with Crippen molar-refractivity contribution in [3.05, 3.63) is 65.5 Å². The van der Waals surface area contributed by atoms with Crippen LogP contribution in [0.5, 0.6) is 0 Å². The third-order valence-electron chi connectivity index (χ3n) is 3.94. The highest BCUT2D eigenvalue weighted by atomic mass is 14.9. The molecule has 0 aliphatic carbocycles. The summed E-state index contributed by atoms with van der Waals surface area (Å²) in [6, 6.07) is 13.5. The largest absolute Gasteiger partial charge is 0.314 e. The number of benzene rings is 1. The SMILES string of the molecule is CCCNC(CCc1ccncc1)Cc1ccccc1C. The summed E-state index contributed by atoms with van der Waals surface area (Å²) >= 11 is 0. The maximum atomic E-state index is 4.09. The number of hydrogen-bond acceptors (Lipinski definition) is 2. The van der Waals surface area contributed by atoms with Crippen LogP contribution >= 0.6 is 0 Å². The van der Waals surface area contributed by atoms with E-state index in [9.17, 15) is 0 Å². The number of hydrogen-bond donors (Lipinski definition) is 1. The highest BCUT2D eigenvalue weighted by Gasteiger charge is 2.10. The predicted molar refractivity (Wildman–Crippen MR) is 89.5 cm³/mol. The van der Waals surface area contributed by atoms with Gasteiger partial charge in [0.2, 0.25) is 0 Å². The molecule has 0 bridgehead atoms. The van der Waals surface area contributed by atoms with Crippen molar-refractivity contribution >= 4 is 0 Å². The number of pyridine rings is 1. The van der Waals surface area contributed by atoms with Crippen molar-refractivity contribution in [3.8, 4) is 0 Å². The second-order valence-electron chi connectivity index (χ2n) is 5.68. The summed E-state index contributed by atoms with van der Waals surface area (Å²) in [4.78, 5) is 4.09. The van der Waals surface area contributed by atoms with Gasteiger partial charge in [0.1, 0.15) is 0 Å². The molecule has 1 atom stereocenters. The van der Waals surface area contributed by atoms with Crippen molar-refractivity contribution in [3.63, 3.8) is 0 Å². The summed E-state index contributed by atoms with van der Waals surface area (Å²) in [6.07, 6.45) is 8.32. The second-order valence-corrected chi connectivity index (χ2v) is 5.68. The molecule has 0 fully saturated rings. The van der Waals surface area contributed by atoms with E-state index in [1.54, 1.807) is 0 Å². The average molecular weight is 282 g/mol. The predicted octanol–water partition coefficient (Wildman–Crippen LogP) is 3.93. The Labute approximate surface area is 128 Å². The lowest BCUT2D eigenvalue weighted by atomic mass is 9.96. The van der Waals surface area contributed by atoms with Gasteiger partial charge >= 0.3 is 0 Å². The molecule has 2 heteroatoms. The molecule has 1 heterocycles. The molecule has 0 amide bonds. The van der Waals surface area contributed by atoms with Gasteiger partial charge in [-0.15, -0.1) is 0 Å². The van der Waals surface area contributed by atoms with Crippen molar-refractivity contribution in [2.75, 3.05) is 6.54 Å². The van der Waals surface area contributed by atoms with Crippen LogP contribution in [-0.4, -0.2) is 17.6 Å². The van der Waals surface area contributed by atoms with Crippen LogP contribution < -0.4 is 5.32 Å². The Morgan fingerprint density at radius 3 is 2.57 bits per heavy atom.